The molecule has 0 aliphatic rings. The zero-order valence-electron chi connectivity index (χ0n) is 14.0. The average molecular weight is 367 g/mol. The molecule has 0 fully saturated rings. The number of nitrogens with zero attached hydrogens (tertiary/aromatic N) is 4. The number of oxazole rings is 1. The first kappa shape index (κ1) is 16.4. The number of halogens is 1. The molecule has 0 saturated heterocycles. The van der Waals surface area contributed by atoms with Crippen LogP contribution in [0.1, 0.15) is 16.1 Å². The number of carbonyl (C=O) groups excluding carboxylic acids is 1. The van der Waals surface area contributed by atoms with Crippen LogP contribution in [0.2, 0.25) is 5.02 Å². The molecule has 0 saturated carbocycles. The van der Waals surface area contributed by atoms with Crippen molar-refractivity contribution in [3.8, 4) is 11.3 Å². The van der Waals surface area contributed by atoms with Crippen molar-refractivity contribution in [2.75, 3.05) is 7.05 Å². The van der Waals surface area contributed by atoms with Gasteiger partial charge in [0.25, 0.3) is 5.91 Å². The molecule has 1 amide bonds. The van der Waals surface area contributed by atoms with Crippen molar-refractivity contribution in [1.82, 2.24) is 19.5 Å². The van der Waals surface area contributed by atoms with Gasteiger partial charge in [-0.3, -0.25) is 4.79 Å². The number of fused-ring (bicyclic) bond motifs is 1. The lowest BCUT2D eigenvalue weighted by molar-refractivity contribution is 0.0756. The molecule has 0 aliphatic heterocycles. The van der Waals surface area contributed by atoms with Gasteiger partial charge in [0.15, 0.2) is 0 Å². The fourth-order valence-electron chi connectivity index (χ4n) is 2.79. The van der Waals surface area contributed by atoms with Crippen molar-refractivity contribution in [3.05, 3.63) is 77.3 Å². The van der Waals surface area contributed by atoms with Gasteiger partial charge in [-0.1, -0.05) is 54.1 Å². The topological polar surface area (TPSA) is 63.6 Å². The van der Waals surface area contributed by atoms with Gasteiger partial charge in [-0.25, -0.2) is 0 Å². The molecule has 0 bridgehead atoms. The van der Waals surface area contributed by atoms with Crippen LogP contribution in [-0.2, 0) is 6.54 Å². The van der Waals surface area contributed by atoms with Gasteiger partial charge < -0.3 is 9.32 Å². The van der Waals surface area contributed by atoms with E-state index >= 15 is 0 Å². The number of aromatic nitrogens is 3. The molecule has 6 nitrogen and oxygen atoms in total. The molecule has 2 aromatic heterocycles. The molecule has 4 rings (SSSR count). The minimum Gasteiger partial charge on any atom is -0.416 e. The highest BCUT2D eigenvalue weighted by molar-refractivity contribution is 6.30. The third kappa shape index (κ3) is 2.95. The van der Waals surface area contributed by atoms with Gasteiger partial charge in [0.2, 0.25) is 5.76 Å². The second-order valence-electron chi connectivity index (χ2n) is 5.89. The first-order valence-corrected chi connectivity index (χ1v) is 8.39. The van der Waals surface area contributed by atoms with E-state index in [4.69, 9.17) is 16.0 Å². The smallest absolute Gasteiger partial charge is 0.325 e. The van der Waals surface area contributed by atoms with Crippen LogP contribution in [0.25, 0.3) is 17.1 Å². The molecule has 0 unspecified atom stereocenters. The molecule has 0 aliphatic carbocycles. The summed E-state index contributed by atoms with van der Waals surface area (Å²) in [5.41, 5.74) is 2.40. The van der Waals surface area contributed by atoms with Crippen molar-refractivity contribution in [1.29, 1.82) is 0 Å². The fraction of sp³-hybridized carbons (Fsp3) is 0.105. The number of hydrogen-bond donors (Lipinski definition) is 0. The van der Waals surface area contributed by atoms with Crippen LogP contribution in [0.15, 0.2) is 65.3 Å². The van der Waals surface area contributed by atoms with E-state index in [2.05, 4.69) is 10.1 Å². The van der Waals surface area contributed by atoms with Gasteiger partial charge in [-0.2, -0.15) is 14.6 Å². The van der Waals surface area contributed by atoms with Gasteiger partial charge in [-0.15, -0.1) is 0 Å². The van der Waals surface area contributed by atoms with Crippen molar-refractivity contribution in [3.63, 3.8) is 0 Å². The van der Waals surface area contributed by atoms with Crippen LogP contribution in [0, 0.1) is 0 Å². The molecule has 0 N–H and O–H groups in total. The quantitative estimate of drug-likeness (QED) is 0.549. The third-order valence-electron chi connectivity index (χ3n) is 4.06. The van der Waals surface area contributed by atoms with Crippen molar-refractivity contribution < 1.29 is 9.21 Å². The highest BCUT2D eigenvalue weighted by atomic mass is 35.5. The predicted octanol–water partition coefficient (Wildman–Crippen LogP) is 3.91. The molecule has 2 heterocycles. The third-order valence-corrected chi connectivity index (χ3v) is 4.31. The Bertz CT molecular complexity index is 1050. The first-order chi connectivity index (χ1) is 12.6. The van der Waals surface area contributed by atoms with E-state index in [0.717, 1.165) is 11.1 Å². The predicted molar refractivity (Wildman–Crippen MR) is 97.9 cm³/mol. The Kier molecular flexibility index (Phi) is 4.18. The molecule has 0 radical (unpaired) electrons. The van der Waals surface area contributed by atoms with Gasteiger partial charge in [-0.05, 0) is 17.7 Å². The van der Waals surface area contributed by atoms with Gasteiger partial charge in [0.05, 0.1) is 0 Å². The molecule has 130 valence electrons. The second-order valence-corrected chi connectivity index (χ2v) is 6.32. The average Bonchev–Trinajstić information content (AvgIpc) is 3.24. The standard InChI is InChI=1S/C19H15ClN4O2/c1-23(11-13-7-9-15(20)10-8-13)18(25)17-16(14-5-3-2-4-6-14)24-19(26-17)21-12-22-24/h2-10,12H,11H2,1H3. The van der Waals surface area contributed by atoms with E-state index in [-0.39, 0.29) is 17.5 Å². The van der Waals surface area contributed by atoms with Gasteiger partial charge in [0, 0.05) is 24.2 Å². The summed E-state index contributed by atoms with van der Waals surface area (Å²) in [6.07, 6.45) is 1.40. The number of benzene rings is 2. The second kappa shape index (κ2) is 6.65. The molecule has 0 spiro atoms. The van der Waals surface area contributed by atoms with E-state index in [1.54, 1.807) is 28.6 Å². The molecule has 2 aromatic carbocycles. The first-order valence-electron chi connectivity index (χ1n) is 8.01. The lowest BCUT2D eigenvalue weighted by Gasteiger charge is -2.16. The largest absolute Gasteiger partial charge is 0.416 e. The van der Waals surface area contributed by atoms with Gasteiger partial charge in [0.1, 0.15) is 12.0 Å². The minimum absolute atomic E-state index is 0.211. The summed E-state index contributed by atoms with van der Waals surface area (Å²) in [5, 5.41) is 4.84. The summed E-state index contributed by atoms with van der Waals surface area (Å²) in [4.78, 5) is 18.7. The van der Waals surface area contributed by atoms with Crippen molar-refractivity contribution in [2.24, 2.45) is 0 Å². The van der Waals surface area contributed by atoms with Crippen LogP contribution < -0.4 is 0 Å². The normalized spacial score (nSPS) is 11.0. The Morgan fingerprint density at radius 2 is 1.88 bits per heavy atom. The summed E-state index contributed by atoms with van der Waals surface area (Å²) in [7, 11) is 1.73. The fourth-order valence-corrected chi connectivity index (χ4v) is 2.92. The zero-order valence-corrected chi connectivity index (χ0v) is 14.7. The summed E-state index contributed by atoms with van der Waals surface area (Å²) in [5.74, 6) is 0.251. The monoisotopic (exact) mass is 366 g/mol. The Hall–Kier alpha value is -3.12. The zero-order chi connectivity index (χ0) is 18.1. The van der Waals surface area contributed by atoms with Gasteiger partial charge >= 0.3 is 5.84 Å². The van der Waals surface area contributed by atoms with Crippen LogP contribution in [0.5, 0.6) is 0 Å². The highest BCUT2D eigenvalue weighted by Crippen LogP contribution is 2.27. The Balaban J connectivity index is 1.70. The summed E-state index contributed by atoms with van der Waals surface area (Å²) in [6.45, 7) is 0.431. The van der Waals surface area contributed by atoms with Crippen molar-refractivity contribution >= 4 is 23.4 Å². The number of rotatable bonds is 4. The summed E-state index contributed by atoms with van der Waals surface area (Å²) >= 11 is 5.92. The van der Waals surface area contributed by atoms with E-state index < -0.39 is 0 Å². The van der Waals surface area contributed by atoms with E-state index in [1.807, 2.05) is 42.5 Å². The molecular weight excluding hydrogens is 352 g/mol. The molecule has 4 aromatic rings. The van der Waals surface area contributed by atoms with E-state index in [0.29, 0.717) is 17.3 Å². The lowest BCUT2D eigenvalue weighted by atomic mass is 10.1. The molecule has 26 heavy (non-hydrogen) atoms. The SMILES string of the molecule is CN(Cc1ccc(Cl)cc1)C(=O)c1oc2ncnn2c1-c1ccccc1. The lowest BCUT2D eigenvalue weighted by Crippen LogP contribution is -2.26. The molecular formula is C19H15ClN4O2. The maximum Gasteiger partial charge on any atom is 0.325 e. The maximum absolute atomic E-state index is 13.0. The Labute approximate surface area is 154 Å². The van der Waals surface area contributed by atoms with Crippen LogP contribution in [0.4, 0.5) is 0 Å². The number of amides is 1. The molecule has 7 heteroatoms. The Morgan fingerprint density at radius 1 is 1.15 bits per heavy atom. The molecule has 0 atom stereocenters. The maximum atomic E-state index is 13.0. The minimum atomic E-state index is -0.244. The highest BCUT2D eigenvalue weighted by Gasteiger charge is 2.26. The van der Waals surface area contributed by atoms with E-state index in [9.17, 15) is 4.79 Å². The van der Waals surface area contributed by atoms with E-state index in [1.165, 1.54) is 6.33 Å². The summed E-state index contributed by atoms with van der Waals surface area (Å²) in [6, 6.07) is 16.9. The van der Waals surface area contributed by atoms with Crippen molar-refractivity contribution in [2.45, 2.75) is 6.54 Å². The van der Waals surface area contributed by atoms with Crippen LogP contribution in [0.3, 0.4) is 0 Å². The summed E-state index contributed by atoms with van der Waals surface area (Å²) < 4.78 is 7.25. The number of hydrogen-bond acceptors (Lipinski definition) is 4. The van der Waals surface area contributed by atoms with Crippen LogP contribution in [-0.4, -0.2) is 32.5 Å². The van der Waals surface area contributed by atoms with Crippen LogP contribution >= 0.6 is 11.6 Å². The Morgan fingerprint density at radius 3 is 2.62 bits per heavy atom. The number of carbonyl (C=O) groups is 1.